The van der Waals surface area contributed by atoms with Gasteiger partial charge in [0.2, 0.25) is 10.0 Å². The van der Waals surface area contributed by atoms with E-state index < -0.39 is 60.5 Å². The van der Waals surface area contributed by atoms with Gasteiger partial charge in [-0.2, -0.15) is 30.6 Å². The van der Waals surface area contributed by atoms with Crippen LogP contribution in [0.4, 0.5) is 32.0 Å². The third kappa shape index (κ3) is 5.54. The third-order valence-corrected chi connectivity index (χ3v) is 6.54. The number of non-ortho nitro benzene ring substituents is 1. The van der Waals surface area contributed by atoms with Gasteiger partial charge in [0, 0.05) is 38.3 Å². The Morgan fingerprint density at radius 3 is 1.97 bits per heavy atom. The van der Waals surface area contributed by atoms with Crippen molar-refractivity contribution in [1.29, 1.82) is 0 Å². The number of benzene rings is 2. The average Bonchev–Trinajstić information content (AvgIpc) is 2.73. The van der Waals surface area contributed by atoms with Gasteiger partial charge in [-0.25, -0.2) is 8.42 Å². The Hall–Kier alpha value is -2.91. The van der Waals surface area contributed by atoms with Crippen molar-refractivity contribution < 1.29 is 44.4 Å². The predicted octanol–water partition coefficient (Wildman–Crippen LogP) is 4.02. The molecular weight excluding hydrogens is 484 g/mol. The van der Waals surface area contributed by atoms with Gasteiger partial charge >= 0.3 is 12.4 Å². The minimum absolute atomic E-state index is 0.00769. The molecule has 2 aromatic carbocycles. The topological polar surface area (TPSA) is 102 Å². The fourth-order valence-electron chi connectivity index (χ4n) is 3.03. The summed E-state index contributed by atoms with van der Waals surface area (Å²) in [5, 5.41) is 14.0. The first-order chi connectivity index (χ1) is 15.2. The quantitative estimate of drug-likeness (QED) is 0.379. The van der Waals surface area contributed by atoms with Gasteiger partial charge in [0.25, 0.3) is 5.69 Å². The number of ether oxygens (including phenoxy) is 1. The summed E-state index contributed by atoms with van der Waals surface area (Å²) in [6.45, 7) is 0.526. The molecular formula is C18H15F6N3O5S. The Morgan fingerprint density at radius 2 is 1.48 bits per heavy atom. The molecule has 1 saturated heterocycles. The van der Waals surface area contributed by atoms with Crippen molar-refractivity contribution in [3.05, 3.63) is 57.6 Å². The molecule has 8 nitrogen and oxygen atoms in total. The van der Waals surface area contributed by atoms with E-state index in [-0.39, 0.29) is 44.4 Å². The fraction of sp³-hybridized carbons (Fsp3) is 0.333. The van der Waals surface area contributed by atoms with Gasteiger partial charge in [0.15, 0.2) is 0 Å². The van der Waals surface area contributed by atoms with E-state index in [1.54, 1.807) is 0 Å². The zero-order chi connectivity index (χ0) is 24.6. The second-order valence-corrected chi connectivity index (χ2v) is 8.79. The van der Waals surface area contributed by atoms with E-state index in [1.165, 1.54) is 0 Å². The van der Waals surface area contributed by atoms with Crippen molar-refractivity contribution in [2.24, 2.45) is 0 Å². The van der Waals surface area contributed by atoms with Gasteiger partial charge < -0.3 is 10.1 Å². The fourth-order valence-corrected chi connectivity index (χ4v) is 4.61. The molecule has 15 heteroatoms. The number of nitrogens with one attached hydrogen (secondary N) is 1. The number of halogens is 6. The molecule has 0 atom stereocenters. The van der Waals surface area contributed by atoms with Crippen molar-refractivity contribution >= 4 is 15.7 Å². The van der Waals surface area contributed by atoms with Crippen LogP contribution in [0.15, 0.2) is 41.3 Å². The van der Waals surface area contributed by atoms with Gasteiger partial charge in [-0.3, -0.25) is 10.1 Å². The molecule has 2 aromatic rings. The molecule has 0 radical (unpaired) electrons. The van der Waals surface area contributed by atoms with E-state index >= 15 is 0 Å². The van der Waals surface area contributed by atoms with Gasteiger partial charge in [-0.1, -0.05) is 0 Å². The van der Waals surface area contributed by atoms with Crippen molar-refractivity contribution in [3.63, 3.8) is 0 Å². The van der Waals surface area contributed by atoms with E-state index in [1.807, 2.05) is 0 Å². The number of nitro benzene ring substituents is 1. The van der Waals surface area contributed by atoms with Crippen LogP contribution in [-0.2, 0) is 22.4 Å². The van der Waals surface area contributed by atoms with E-state index in [0.717, 1.165) is 16.4 Å². The van der Waals surface area contributed by atoms with Crippen molar-refractivity contribution in [2.45, 2.75) is 17.2 Å². The summed E-state index contributed by atoms with van der Waals surface area (Å²) in [5.41, 5.74) is -3.99. The van der Waals surface area contributed by atoms with E-state index in [9.17, 15) is 44.9 Å². The number of rotatable bonds is 5. The van der Waals surface area contributed by atoms with Crippen LogP contribution in [0.5, 0.6) is 11.5 Å². The Labute approximate surface area is 183 Å². The molecule has 1 aliphatic heterocycles. The van der Waals surface area contributed by atoms with E-state index in [4.69, 9.17) is 4.74 Å². The number of hydrogen-bond donors (Lipinski definition) is 1. The maximum atomic E-state index is 13.1. The standard InChI is InChI=1S/C18H15F6N3O5S/c19-17(20,21)11-7-12(18(22,23)24)9-14(8-11)32-15-2-1-13(27(28)29)10-16(15)33(30,31)26-5-3-25-4-6-26/h1-2,7-10,25H,3-6H2. The first kappa shape index (κ1) is 24.7. The van der Waals surface area contributed by atoms with Crippen LogP contribution >= 0.6 is 0 Å². The normalized spacial score (nSPS) is 15.9. The lowest BCUT2D eigenvalue weighted by molar-refractivity contribution is -0.385. The first-order valence-corrected chi connectivity index (χ1v) is 10.6. The highest BCUT2D eigenvalue weighted by atomic mass is 32.2. The lowest BCUT2D eigenvalue weighted by Gasteiger charge is -2.27. The highest BCUT2D eigenvalue weighted by Crippen LogP contribution is 2.40. The van der Waals surface area contributed by atoms with Crippen LogP contribution in [0.1, 0.15) is 11.1 Å². The molecule has 0 aliphatic carbocycles. The smallest absolute Gasteiger partial charge is 0.416 e. The lowest BCUT2D eigenvalue weighted by atomic mass is 10.1. The van der Waals surface area contributed by atoms with Crippen molar-refractivity contribution in [3.8, 4) is 11.5 Å². The van der Waals surface area contributed by atoms with Crippen LogP contribution in [0.3, 0.4) is 0 Å². The Balaban J connectivity index is 2.13. The van der Waals surface area contributed by atoms with E-state index in [0.29, 0.717) is 6.07 Å². The third-order valence-electron chi connectivity index (χ3n) is 4.62. The van der Waals surface area contributed by atoms with Gasteiger partial charge in [-0.15, -0.1) is 0 Å². The number of sulfonamides is 1. The zero-order valence-corrected chi connectivity index (χ0v) is 17.2. The minimum Gasteiger partial charge on any atom is -0.456 e. The molecule has 0 unspecified atom stereocenters. The molecule has 0 bridgehead atoms. The Morgan fingerprint density at radius 1 is 0.939 bits per heavy atom. The lowest BCUT2D eigenvalue weighted by Crippen LogP contribution is -2.46. The van der Waals surface area contributed by atoms with Crippen LogP contribution < -0.4 is 10.1 Å². The van der Waals surface area contributed by atoms with Gasteiger partial charge in [0.1, 0.15) is 16.4 Å². The van der Waals surface area contributed by atoms with Crippen LogP contribution in [0.25, 0.3) is 0 Å². The summed E-state index contributed by atoms with van der Waals surface area (Å²) < 4.78 is 111. The first-order valence-electron chi connectivity index (χ1n) is 9.16. The molecule has 1 fully saturated rings. The second kappa shape index (κ2) is 8.79. The molecule has 0 amide bonds. The van der Waals surface area contributed by atoms with Crippen LogP contribution in [-0.4, -0.2) is 43.8 Å². The van der Waals surface area contributed by atoms with Gasteiger partial charge in [0.05, 0.1) is 16.1 Å². The maximum absolute atomic E-state index is 13.1. The monoisotopic (exact) mass is 499 g/mol. The summed E-state index contributed by atoms with van der Waals surface area (Å²) in [5.74, 6) is -1.60. The molecule has 180 valence electrons. The predicted molar refractivity (Wildman–Crippen MR) is 101 cm³/mol. The molecule has 3 rings (SSSR count). The van der Waals surface area contributed by atoms with E-state index in [2.05, 4.69) is 5.32 Å². The number of hydrogen-bond acceptors (Lipinski definition) is 6. The van der Waals surface area contributed by atoms with Crippen molar-refractivity contribution in [2.75, 3.05) is 26.2 Å². The summed E-state index contributed by atoms with van der Waals surface area (Å²) in [6.07, 6.45) is -10.3. The zero-order valence-electron chi connectivity index (χ0n) is 16.4. The molecule has 1 N–H and O–H groups in total. The number of nitrogens with zero attached hydrogens (tertiary/aromatic N) is 2. The average molecular weight is 499 g/mol. The molecule has 0 aromatic heterocycles. The largest absolute Gasteiger partial charge is 0.456 e. The second-order valence-electron chi connectivity index (χ2n) is 6.89. The molecule has 1 heterocycles. The SMILES string of the molecule is O=[N+]([O-])c1ccc(Oc2cc(C(F)(F)F)cc(C(F)(F)F)c2)c(S(=O)(=O)N2CCNCC2)c1. The summed E-state index contributed by atoms with van der Waals surface area (Å²) >= 11 is 0. The number of nitro groups is 1. The maximum Gasteiger partial charge on any atom is 0.416 e. The van der Waals surface area contributed by atoms with Crippen LogP contribution in [0.2, 0.25) is 0 Å². The Bertz CT molecular complexity index is 1130. The van der Waals surface area contributed by atoms with Crippen molar-refractivity contribution in [1.82, 2.24) is 9.62 Å². The summed E-state index contributed by atoms with van der Waals surface area (Å²) in [6, 6.07) is 2.72. The Kier molecular flexibility index (Phi) is 6.59. The molecule has 0 spiro atoms. The molecule has 33 heavy (non-hydrogen) atoms. The summed E-state index contributed by atoms with van der Waals surface area (Å²) in [4.78, 5) is 9.48. The molecule has 0 saturated carbocycles. The highest BCUT2D eigenvalue weighted by molar-refractivity contribution is 7.89. The molecule has 1 aliphatic rings. The summed E-state index contributed by atoms with van der Waals surface area (Å²) in [7, 11) is -4.43. The highest BCUT2D eigenvalue weighted by Gasteiger charge is 2.38. The van der Waals surface area contributed by atoms with Gasteiger partial charge in [-0.05, 0) is 24.3 Å². The number of alkyl halides is 6. The number of piperazine rings is 1. The van der Waals surface area contributed by atoms with Crippen LogP contribution in [0, 0.1) is 10.1 Å². The minimum atomic E-state index is -5.15.